The molecule has 1 aliphatic heterocycles. The number of benzene rings is 2. The Bertz CT molecular complexity index is 959. The molecule has 0 bridgehead atoms. The first kappa shape index (κ1) is 22.0. The molecule has 150 valence electrons. The minimum Gasteiger partial charge on any atom is -0.397 e. The lowest BCUT2D eigenvalue weighted by Gasteiger charge is -2.17. The Labute approximate surface area is 175 Å². The minimum atomic E-state index is 0.525. The number of nitrogens with two attached hydrogens (primary N) is 1. The van der Waals surface area contributed by atoms with Crippen molar-refractivity contribution in [3.05, 3.63) is 78.1 Å². The molecule has 1 saturated heterocycles. The molecule has 0 aliphatic carbocycles. The molecule has 1 fully saturated rings. The number of rotatable bonds is 2. The van der Waals surface area contributed by atoms with Crippen LogP contribution in [0.1, 0.15) is 19.8 Å². The lowest BCUT2D eigenvalue weighted by Crippen LogP contribution is -2.20. The van der Waals surface area contributed by atoms with Crippen molar-refractivity contribution >= 4 is 39.1 Å². The number of aromatic nitrogens is 1. The van der Waals surface area contributed by atoms with Crippen LogP contribution in [0.3, 0.4) is 0 Å². The summed E-state index contributed by atoms with van der Waals surface area (Å²) in [6, 6.07) is 15.1. The molecule has 29 heavy (non-hydrogen) atoms. The van der Waals surface area contributed by atoms with Gasteiger partial charge in [0.2, 0.25) is 0 Å². The summed E-state index contributed by atoms with van der Waals surface area (Å²) >= 11 is 1.68. The number of anilines is 1. The smallest absolute Gasteiger partial charge is 0.108 e. The maximum atomic E-state index is 6.63. The average molecular weight is 407 g/mol. The van der Waals surface area contributed by atoms with E-state index in [1.165, 1.54) is 16.7 Å². The quantitative estimate of drug-likeness (QED) is 0.273. The number of fused-ring (bicyclic) bond motifs is 1. The first-order valence-corrected chi connectivity index (χ1v) is 10.1. The molecule has 0 atom stereocenters. The van der Waals surface area contributed by atoms with E-state index < -0.39 is 0 Å². The van der Waals surface area contributed by atoms with Gasteiger partial charge < -0.3 is 11.1 Å². The van der Waals surface area contributed by atoms with Gasteiger partial charge in [0.25, 0.3) is 0 Å². The molecule has 4 rings (SSSR count). The van der Waals surface area contributed by atoms with Crippen molar-refractivity contribution in [1.82, 2.24) is 10.3 Å². The van der Waals surface area contributed by atoms with Gasteiger partial charge in [0, 0.05) is 24.7 Å². The van der Waals surface area contributed by atoms with E-state index in [9.17, 15) is 0 Å². The number of nitrogens with zero attached hydrogens (tertiary/aromatic N) is 3. The van der Waals surface area contributed by atoms with Crippen LogP contribution in [0, 0.1) is 5.53 Å². The molecule has 0 amide bonds. The second kappa shape index (κ2) is 12.2. The third-order valence-corrected chi connectivity index (χ3v) is 4.83. The fourth-order valence-corrected chi connectivity index (χ4v) is 3.16. The Hall–Kier alpha value is -3.32. The maximum Gasteiger partial charge on any atom is 0.108 e. The number of piperidine rings is 1. The number of hydrogen-bond donors (Lipinski definition) is 3. The minimum absolute atomic E-state index is 0.525. The summed E-state index contributed by atoms with van der Waals surface area (Å²) in [5.74, 6) is 0. The second-order valence-corrected chi connectivity index (χ2v) is 6.95. The zero-order chi connectivity index (χ0) is 20.9. The van der Waals surface area contributed by atoms with Crippen molar-refractivity contribution < 1.29 is 0 Å². The molecular formula is C22H26N6S. The molecule has 6 nitrogen and oxygen atoms in total. The van der Waals surface area contributed by atoms with Crippen LogP contribution in [0.25, 0.3) is 10.2 Å². The first-order valence-electron chi connectivity index (χ1n) is 9.26. The highest BCUT2D eigenvalue weighted by atomic mass is 32.1. The van der Waals surface area contributed by atoms with Crippen LogP contribution < -0.4 is 11.1 Å². The molecule has 2 heterocycles. The van der Waals surface area contributed by atoms with Crippen LogP contribution in [0.2, 0.25) is 0 Å². The van der Waals surface area contributed by atoms with Crippen molar-refractivity contribution in [3.63, 3.8) is 0 Å². The van der Waals surface area contributed by atoms with Crippen molar-refractivity contribution in [2.45, 2.75) is 19.8 Å². The normalized spacial score (nSPS) is 14.5. The highest BCUT2D eigenvalue weighted by Gasteiger charge is 2.07. The van der Waals surface area contributed by atoms with E-state index in [0.717, 1.165) is 24.2 Å². The van der Waals surface area contributed by atoms with Crippen LogP contribution in [0.15, 0.2) is 88.2 Å². The Balaban J connectivity index is 0.000000156. The molecule has 3 aromatic rings. The number of allylic oxidation sites excluding steroid dienone is 1. The molecule has 7 heteroatoms. The lowest BCUT2D eigenvalue weighted by molar-refractivity contribution is 0.670. The van der Waals surface area contributed by atoms with Gasteiger partial charge in [-0.25, -0.2) is 10.5 Å². The lowest BCUT2D eigenvalue weighted by atomic mass is 10.1. The van der Waals surface area contributed by atoms with Crippen LogP contribution in [0.4, 0.5) is 11.4 Å². The largest absolute Gasteiger partial charge is 0.397 e. The summed E-state index contributed by atoms with van der Waals surface area (Å²) in [5.41, 5.74) is 18.3. The van der Waals surface area contributed by atoms with Crippen LogP contribution in [-0.4, -0.2) is 17.7 Å². The number of aliphatic imine (C=N–C) groups is 1. The molecule has 1 aliphatic rings. The predicted molar refractivity (Wildman–Crippen MR) is 124 cm³/mol. The van der Waals surface area contributed by atoms with E-state index in [1.54, 1.807) is 35.8 Å². The van der Waals surface area contributed by atoms with Gasteiger partial charge in [-0.1, -0.05) is 30.8 Å². The van der Waals surface area contributed by atoms with E-state index in [4.69, 9.17) is 11.3 Å². The summed E-state index contributed by atoms with van der Waals surface area (Å²) in [6.07, 6.45) is 5.96. The fourth-order valence-electron chi connectivity index (χ4n) is 2.48. The van der Waals surface area contributed by atoms with Crippen molar-refractivity contribution in [1.29, 1.82) is 5.53 Å². The topological polar surface area (TPSA) is 99.5 Å². The molecule has 0 spiro atoms. The SMILES string of the molecule is C=C1NCCC/C1=C/N=CC.N=Nc1ccccc1N.c1ccc2scnc2c1. The Morgan fingerprint density at radius 2 is 1.97 bits per heavy atom. The third kappa shape index (κ3) is 7.31. The average Bonchev–Trinajstić information content (AvgIpc) is 3.23. The standard InChI is InChI=1S/C9H14N2.C7H5NS.C6H7N3/c1-3-10-7-9-5-4-6-11-8(9)2;1-2-4-7-6(3-1)8-5-9-7;7-5-3-1-2-4-6(5)9-8/h3,7,11H,2,4-6H2,1H3;1-5H;1-4,8H,7H2/b9-7-,10-3?;;. The zero-order valence-corrected chi connectivity index (χ0v) is 17.3. The van der Waals surface area contributed by atoms with E-state index >= 15 is 0 Å². The van der Waals surface area contributed by atoms with Crippen molar-refractivity contribution in [2.24, 2.45) is 10.1 Å². The Morgan fingerprint density at radius 1 is 1.21 bits per heavy atom. The molecular weight excluding hydrogens is 380 g/mol. The number of nitrogen functional groups attached to an aromatic ring is 1. The summed E-state index contributed by atoms with van der Waals surface area (Å²) < 4.78 is 1.26. The summed E-state index contributed by atoms with van der Waals surface area (Å²) in [7, 11) is 0. The third-order valence-electron chi connectivity index (χ3n) is 4.02. The predicted octanol–water partition coefficient (Wildman–Crippen LogP) is 6.09. The van der Waals surface area contributed by atoms with Gasteiger partial charge >= 0.3 is 0 Å². The van der Waals surface area contributed by atoms with Gasteiger partial charge in [-0.2, -0.15) is 5.11 Å². The van der Waals surface area contributed by atoms with Gasteiger partial charge in [0.15, 0.2) is 0 Å². The monoisotopic (exact) mass is 406 g/mol. The highest BCUT2D eigenvalue weighted by molar-refractivity contribution is 7.16. The van der Waals surface area contributed by atoms with Crippen molar-refractivity contribution in [3.8, 4) is 0 Å². The molecule has 4 N–H and O–H groups in total. The van der Waals surface area contributed by atoms with Gasteiger partial charge in [-0.05, 0) is 49.6 Å². The summed E-state index contributed by atoms with van der Waals surface area (Å²) in [4.78, 5) is 8.20. The fraction of sp³-hybridized carbons (Fsp3) is 0.182. The highest BCUT2D eigenvalue weighted by Crippen LogP contribution is 2.19. The second-order valence-electron chi connectivity index (χ2n) is 6.06. The first-order chi connectivity index (χ1) is 14.2. The molecule has 0 saturated carbocycles. The van der Waals surface area contributed by atoms with Gasteiger partial charge in [0.05, 0.1) is 21.4 Å². The maximum absolute atomic E-state index is 6.63. The Kier molecular flexibility index (Phi) is 9.24. The van der Waals surface area contributed by atoms with Gasteiger partial charge in [0.1, 0.15) is 5.69 Å². The molecule has 0 unspecified atom stereocenters. The molecule has 1 aromatic heterocycles. The summed E-state index contributed by atoms with van der Waals surface area (Å²) in [6.45, 7) is 6.86. The molecule has 2 aromatic carbocycles. The number of thiazole rings is 1. The number of hydrogen-bond acceptors (Lipinski definition) is 7. The summed E-state index contributed by atoms with van der Waals surface area (Å²) in [5, 5.41) is 6.40. The Morgan fingerprint density at radius 3 is 2.62 bits per heavy atom. The van der Waals surface area contributed by atoms with E-state index in [-0.39, 0.29) is 0 Å². The molecule has 0 radical (unpaired) electrons. The number of nitrogens with one attached hydrogen (secondary N) is 2. The van der Waals surface area contributed by atoms with E-state index in [2.05, 4.69) is 33.1 Å². The van der Waals surface area contributed by atoms with Crippen LogP contribution in [-0.2, 0) is 0 Å². The van der Waals surface area contributed by atoms with Gasteiger partial charge in [-0.3, -0.25) is 4.99 Å². The van der Waals surface area contributed by atoms with Gasteiger partial charge in [-0.15, -0.1) is 11.3 Å². The van der Waals surface area contributed by atoms with Crippen molar-refractivity contribution in [2.75, 3.05) is 12.3 Å². The van der Waals surface area contributed by atoms with E-state index in [0.29, 0.717) is 11.4 Å². The van der Waals surface area contributed by atoms with Crippen LogP contribution in [0.5, 0.6) is 0 Å². The number of para-hydroxylation sites is 3. The van der Waals surface area contributed by atoms with Crippen LogP contribution >= 0.6 is 11.3 Å². The van der Waals surface area contributed by atoms with E-state index in [1.807, 2.05) is 42.9 Å². The zero-order valence-electron chi connectivity index (χ0n) is 16.5.